The molecule has 1 aliphatic carbocycles. The van der Waals surface area contributed by atoms with Gasteiger partial charge in [-0.1, -0.05) is 12.1 Å². The molecular formula is C23H22F2N4O4. The molecule has 10 heteroatoms. The molecule has 3 aromatic rings. The van der Waals surface area contributed by atoms with Crippen LogP contribution in [0.2, 0.25) is 0 Å². The molecule has 0 bridgehead atoms. The van der Waals surface area contributed by atoms with E-state index in [1.165, 1.54) is 21.6 Å². The maximum atomic E-state index is 15.9. The summed E-state index contributed by atoms with van der Waals surface area (Å²) in [5.41, 5.74) is 10.3. The van der Waals surface area contributed by atoms with Gasteiger partial charge in [0.2, 0.25) is 5.43 Å². The van der Waals surface area contributed by atoms with Crippen molar-refractivity contribution in [3.63, 3.8) is 0 Å². The molecule has 1 saturated carbocycles. The first-order valence-corrected chi connectivity index (χ1v) is 10.6. The summed E-state index contributed by atoms with van der Waals surface area (Å²) in [5.74, 6) is -3.71. The Kier molecular flexibility index (Phi) is 4.78. The van der Waals surface area contributed by atoms with Gasteiger partial charge < -0.3 is 31.1 Å². The van der Waals surface area contributed by atoms with Crippen LogP contribution in [-0.2, 0) is 0 Å². The fraction of sp³-hybridized carbons (Fsp3) is 0.304. The fourth-order valence-electron chi connectivity index (χ4n) is 4.71. The molecule has 2 atom stereocenters. The molecule has 1 aliphatic heterocycles. The van der Waals surface area contributed by atoms with E-state index < -0.39 is 45.7 Å². The number of anilines is 2. The second-order valence-corrected chi connectivity index (χ2v) is 8.70. The van der Waals surface area contributed by atoms with Crippen molar-refractivity contribution < 1.29 is 23.8 Å². The summed E-state index contributed by atoms with van der Waals surface area (Å²) in [6.07, 6.45) is 2.48. The predicted molar refractivity (Wildman–Crippen MR) is 119 cm³/mol. The van der Waals surface area contributed by atoms with Gasteiger partial charge >= 0.3 is 5.97 Å². The number of rotatable bonds is 4. The number of halogens is 2. The zero-order chi connectivity index (χ0) is 23.6. The average Bonchev–Trinajstić information content (AvgIpc) is 3.54. The lowest BCUT2D eigenvalue weighted by Gasteiger charge is -2.23. The number of nitrogens with two attached hydrogens (primary N) is 2. The van der Waals surface area contributed by atoms with Crippen molar-refractivity contribution in [3.05, 3.63) is 63.4 Å². The van der Waals surface area contributed by atoms with Gasteiger partial charge in [0.05, 0.1) is 16.6 Å². The Balaban J connectivity index is 1.68. The minimum Gasteiger partial charge on any atom is -0.508 e. The van der Waals surface area contributed by atoms with Crippen LogP contribution in [0.5, 0.6) is 5.75 Å². The van der Waals surface area contributed by atoms with Crippen molar-refractivity contribution in [2.75, 3.05) is 23.7 Å². The topological polar surface area (TPSA) is 135 Å². The molecule has 8 nitrogen and oxygen atoms in total. The smallest absolute Gasteiger partial charge is 0.341 e. The van der Waals surface area contributed by atoms with E-state index in [1.54, 1.807) is 12.1 Å². The number of fused-ring (bicyclic) bond motifs is 1. The summed E-state index contributed by atoms with van der Waals surface area (Å²) >= 11 is 0. The van der Waals surface area contributed by atoms with Gasteiger partial charge in [-0.3, -0.25) is 4.79 Å². The number of pyridine rings is 1. The molecule has 2 aromatic carbocycles. The van der Waals surface area contributed by atoms with Crippen molar-refractivity contribution >= 4 is 28.2 Å². The summed E-state index contributed by atoms with van der Waals surface area (Å²) in [5, 5.41) is 18.5. The lowest BCUT2D eigenvalue weighted by Crippen LogP contribution is -2.30. The molecule has 5 rings (SSSR count). The second kappa shape index (κ2) is 7.45. The molecule has 6 N–H and O–H groups in total. The highest BCUT2D eigenvalue weighted by atomic mass is 19.1. The van der Waals surface area contributed by atoms with Gasteiger partial charge in [-0.05, 0) is 30.5 Å². The Morgan fingerprint density at radius 2 is 1.76 bits per heavy atom. The number of aromatic hydroxyl groups is 1. The van der Waals surface area contributed by atoms with E-state index in [0.717, 1.165) is 11.8 Å². The minimum absolute atomic E-state index is 0.0975. The largest absolute Gasteiger partial charge is 0.508 e. The van der Waals surface area contributed by atoms with Crippen LogP contribution < -0.4 is 21.8 Å². The first-order chi connectivity index (χ1) is 15.7. The lowest BCUT2D eigenvalue weighted by molar-refractivity contribution is 0.0694. The van der Waals surface area contributed by atoms with Crippen LogP contribution in [-0.4, -0.2) is 39.9 Å². The van der Waals surface area contributed by atoms with Crippen LogP contribution in [0, 0.1) is 11.6 Å². The quantitative estimate of drug-likeness (QED) is 0.443. The van der Waals surface area contributed by atoms with Crippen LogP contribution in [0.3, 0.4) is 0 Å². The molecule has 0 amide bonds. The normalized spacial score (nSPS) is 20.5. The van der Waals surface area contributed by atoms with E-state index >= 15 is 8.78 Å². The Morgan fingerprint density at radius 1 is 1.09 bits per heavy atom. The van der Waals surface area contributed by atoms with Crippen molar-refractivity contribution in [2.45, 2.75) is 30.8 Å². The molecule has 172 valence electrons. The molecule has 0 spiro atoms. The molecular weight excluding hydrogens is 434 g/mol. The maximum absolute atomic E-state index is 15.9. The number of phenolic OH excluding ortho intramolecular Hbond substituents is 1. The third-order valence-corrected chi connectivity index (χ3v) is 6.54. The van der Waals surface area contributed by atoms with E-state index in [-0.39, 0.29) is 42.0 Å². The molecule has 1 saturated heterocycles. The summed E-state index contributed by atoms with van der Waals surface area (Å²) in [6, 6.07) is 5.84. The fourth-order valence-corrected chi connectivity index (χ4v) is 4.71. The van der Waals surface area contributed by atoms with E-state index in [1.807, 2.05) is 0 Å². The van der Waals surface area contributed by atoms with Crippen molar-refractivity contribution in [2.24, 2.45) is 5.73 Å². The number of aromatic nitrogens is 1. The summed E-state index contributed by atoms with van der Waals surface area (Å²) in [7, 11) is 0. The molecule has 2 heterocycles. The van der Waals surface area contributed by atoms with E-state index in [2.05, 4.69) is 0 Å². The SMILES string of the molecule is Nc1c(F)c(N2C[C@@H](N)[C@H](c3ccc(O)cc3)C2)c(F)c2c1c(=O)c(C(=O)O)cn2C1CC1. The number of carboxylic acid groups (broad SMARTS) is 1. The Labute approximate surface area is 186 Å². The van der Waals surface area contributed by atoms with Gasteiger partial charge in [0, 0.05) is 37.3 Å². The van der Waals surface area contributed by atoms with Gasteiger partial charge in [0.1, 0.15) is 17.0 Å². The number of nitrogens with zero attached hydrogens (tertiary/aromatic N) is 2. The van der Waals surface area contributed by atoms with Crippen LogP contribution in [0.25, 0.3) is 10.9 Å². The molecule has 2 fully saturated rings. The molecule has 33 heavy (non-hydrogen) atoms. The first kappa shape index (κ1) is 21.2. The Hall–Kier alpha value is -3.66. The minimum atomic E-state index is -1.48. The number of aromatic carboxylic acids is 1. The standard InChI is InChI=1S/C23H22F2N4O4/c24-17-19(27)16-20(29(11-3-4-11)8-14(22(16)31)23(32)33)18(25)21(17)28-7-13(15(26)9-28)10-1-5-12(30)6-2-10/h1-2,5-6,8,11,13,15,30H,3-4,7,9,26-27H2,(H,32,33)/t13-,15+/m0/s1. The van der Waals surface area contributed by atoms with Crippen LogP contribution >= 0.6 is 0 Å². The third kappa shape index (κ3) is 3.29. The lowest BCUT2D eigenvalue weighted by atomic mass is 9.95. The Bertz CT molecular complexity index is 1350. The van der Waals surface area contributed by atoms with Crippen molar-refractivity contribution in [1.82, 2.24) is 4.57 Å². The summed E-state index contributed by atoms with van der Waals surface area (Å²) in [6.45, 7) is 0.344. The van der Waals surface area contributed by atoms with Gasteiger partial charge in [-0.25, -0.2) is 13.6 Å². The maximum Gasteiger partial charge on any atom is 0.341 e. The zero-order valence-electron chi connectivity index (χ0n) is 17.5. The highest BCUT2D eigenvalue weighted by Crippen LogP contribution is 2.43. The third-order valence-electron chi connectivity index (χ3n) is 6.54. The van der Waals surface area contributed by atoms with Crippen molar-refractivity contribution in [3.8, 4) is 5.75 Å². The monoisotopic (exact) mass is 456 g/mol. The summed E-state index contributed by atoms with van der Waals surface area (Å²) in [4.78, 5) is 25.8. The number of carbonyl (C=O) groups is 1. The van der Waals surface area contributed by atoms with Gasteiger partial charge in [0.15, 0.2) is 11.6 Å². The predicted octanol–water partition coefficient (Wildman–Crippen LogP) is 2.53. The highest BCUT2D eigenvalue weighted by molar-refractivity contribution is 5.99. The average molecular weight is 456 g/mol. The number of phenols is 1. The number of benzene rings is 2. The molecule has 0 unspecified atom stereocenters. The number of nitrogen functional groups attached to an aromatic ring is 1. The van der Waals surface area contributed by atoms with E-state index in [9.17, 15) is 19.8 Å². The first-order valence-electron chi connectivity index (χ1n) is 10.6. The molecule has 2 aliphatic rings. The van der Waals surface area contributed by atoms with E-state index in [4.69, 9.17) is 11.5 Å². The number of hydrogen-bond acceptors (Lipinski definition) is 6. The van der Waals surface area contributed by atoms with Crippen molar-refractivity contribution in [1.29, 1.82) is 0 Å². The molecule has 1 aromatic heterocycles. The summed E-state index contributed by atoms with van der Waals surface area (Å²) < 4.78 is 32.7. The van der Waals surface area contributed by atoms with Crippen LogP contribution in [0.4, 0.5) is 20.2 Å². The van der Waals surface area contributed by atoms with E-state index in [0.29, 0.717) is 12.8 Å². The highest BCUT2D eigenvalue weighted by Gasteiger charge is 2.37. The Morgan fingerprint density at radius 3 is 2.36 bits per heavy atom. The van der Waals surface area contributed by atoms with Gasteiger partial charge in [0.25, 0.3) is 0 Å². The van der Waals surface area contributed by atoms with Gasteiger partial charge in [-0.15, -0.1) is 0 Å². The van der Waals surface area contributed by atoms with Crippen LogP contribution in [0.15, 0.2) is 35.3 Å². The molecule has 0 radical (unpaired) electrons. The zero-order valence-corrected chi connectivity index (χ0v) is 17.5. The number of hydrogen-bond donors (Lipinski definition) is 4. The van der Waals surface area contributed by atoms with Crippen LogP contribution in [0.1, 0.15) is 40.7 Å². The number of carboxylic acids is 1. The second-order valence-electron chi connectivity index (χ2n) is 8.70. The van der Waals surface area contributed by atoms with Gasteiger partial charge in [-0.2, -0.15) is 0 Å².